The van der Waals surface area contributed by atoms with Crippen LogP contribution in [0.2, 0.25) is 5.15 Å². The molecule has 0 saturated carbocycles. The lowest BCUT2D eigenvalue weighted by Crippen LogP contribution is -2.35. The lowest BCUT2D eigenvalue weighted by Gasteiger charge is -2.24. The third kappa shape index (κ3) is 3.40. The van der Waals surface area contributed by atoms with E-state index in [9.17, 15) is 4.79 Å². The molecule has 23 heavy (non-hydrogen) atoms. The van der Waals surface area contributed by atoms with Crippen LogP contribution in [0, 0.1) is 3.57 Å². The summed E-state index contributed by atoms with van der Waals surface area (Å²) in [6.45, 7) is 6.91. The molecule has 1 amide bonds. The van der Waals surface area contributed by atoms with Gasteiger partial charge in [-0.15, -0.1) is 0 Å². The van der Waals surface area contributed by atoms with Gasteiger partial charge in [0, 0.05) is 22.9 Å². The Hall–Kier alpha value is -1.09. The first-order chi connectivity index (χ1) is 10.8. The molecule has 1 atom stereocenters. The molecule has 0 N–H and O–H groups in total. The summed E-state index contributed by atoms with van der Waals surface area (Å²) in [5, 5.41) is 1.32. The minimum atomic E-state index is -0.481. The average molecular weight is 449 g/mol. The van der Waals surface area contributed by atoms with Crippen LogP contribution in [0.4, 0.5) is 4.79 Å². The zero-order valence-corrected chi connectivity index (χ0v) is 16.1. The molecule has 0 aromatic carbocycles. The molecule has 1 unspecified atom stereocenters. The average Bonchev–Trinajstić information content (AvgIpc) is 3.02. The highest BCUT2D eigenvalue weighted by Crippen LogP contribution is 2.32. The van der Waals surface area contributed by atoms with E-state index in [0.29, 0.717) is 18.2 Å². The smallest absolute Gasteiger partial charge is 0.410 e. The minimum absolute atomic E-state index is 0.166. The zero-order valence-electron chi connectivity index (χ0n) is 13.2. The van der Waals surface area contributed by atoms with Crippen molar-refractivity contribution in [2.24, 2.45) is 0 Å². The highest BCUT2D eigenvalue weighted by molar-refractivity contribution is 14.1. The first-order valence-electron chi connectivity index (χ1n) is 7.41. The van der Waals surface area contributed by atoms with Crippen molar-refractivity contribution in [1.29, 1.82) is 0 Å². The van der Waals surface area contributed by atoms with E-state index in [4.69, 9.17) is 16.3 Å². The predicted molar refractivity (Wildman–Crippen MR) is 96.7 cm³/mol. The normalized spacial score (nSPS) is 18.7. The van der Waals surface area contributed by atoms with Crippen molar-refractivity contribution in [3.8, 4) is 0 Å². The topological polar surface area (TPSA) is 60.2 Å². The van der Waals surface area contributed by atoms with Gasteiger partial charge in [-0.2, -0.15) is 0 Å². The maximum absolute atomic E-state index is 12.2. The molecule has 1 saturated heterocycles. The van der Waals surface area contributed by atoms with Crippen molar-refractivity contribution >= 4 is 51.3 Å². The van der Waals surface area contributed by atoms with Crippen molar-refractivity contribution in [2.45, 2.75) is 38.8 Å². The van der Waals surface area contributed by atoms with Gasteiger partial charge in [0.15, 0.2) is 0 Å². The fraction of sp³-hybridized carbons (Fsp3) is 0.533. The first kappa shape index (κ1) is 16.8. The number of hydrogen-bond acceptors (Lipinski definition) is 4. The number of carbonyl (C=O) groups excluding carboxylic acids is 1. The van der Waals surface area contributed by atoms with Crippen LogP contribution in [0.5, 0.6) is 0 Å². The van der Waals surface area contributed by atoms with Gasteiger partial charge in [-0.3, -0.25) is 0 Å². The highest BCUT2D eigenvalue weighted by Gasteiger charge is 2.31. The molecule has 3 heterocycles. The molecule has 1 fully saturated rings. The summed E-state index contributed by atoms with van der Waals surface area (Å²) < 4.78 is 8.55. The van der Waals surface area contributed by atoms with Crippen LogP contribution in [-0.4, -0.2) is 44.2 Å². The number of amides is 1. The number of nitrogens with zero attached hydrogens (tertiary/aromatic N) is 4. The standard InChI is InChI=1S/C15H18ClIN4O2/c1-15(2,3)23-14(22)20-5-4-9(6-20)21-7-10(17)11-12(16)18-8-19-13(11)21/h7-9H,4-6H2,1-3H3. The molecule has 2 aromatic heterocycles. The van der Waals surface area contributed by atoms with Gasteiger partial charge in [-0.1, -0.05) is 11.6 Å². The monoisotopic (exact) mass is 448 g/mol. The molecule has 0 aliphatic carbocycles. The molecular weight excluding hydrogens is 431 g/mol. The second kappa shape index (κ2) is 6.08. The number of ether oxygens (including phenoxy) is 1. The number of halogens is 2. The fourth-order valence-electron chi connectivity index (χ4n) is 2.74. The van der Waals surface area contributed by atoms with Crippen LogP contribution >= 0.6 is 34.2 Å². The Morgan fingerprint density at radius 3 is 2.87 bits per heavy atom. The lowest BCUT2D eigenvalue weighted by atomic mass is 10.2. The van der Waals surface area contributed by atoms with Gasteiger partial charge >= 0.3 is 6.09 Å². The van der Waals surface area contributed by atoms with E-state index < -0.39 is 5.60 Å². The van der Waals surface area contributed by atoms with Crippen molar-refractivity contribution in [3.63, 3.8) is 0 Å². The first-order valence-corrected chi connectivity index (χ1v) is 8.86. The summed E-state index contributed by atoms with van der Waals surface area (Å²) >= 11 is 8.42. The van der Waals surface area contributed by atoms with Gasteiger partial charge in [-0.05, 0) is 49.8 Å². The summed E-state index contributed by atoms with van der Waals surface area (Å²) in [6.07, 6.45) is 4.09. The Labute approximate surface area is 153 Å². The van der Waals surface area contributed by atoms with E-state index in [1.807, 2.05) is 27.0 Å². The molecular formula is C15H18ClIN4O2. The van der Waals surface area contributed by atoms with E-state index in [1.165, 1.54) is 6.33 Å². The van der Waals surface area contributed by atoms with Crippen LogP contribution in [-0.2, 0) is 4.74 Å². The van der Waals surface area contributed by atoms with Crippen LogP contribution in [0.25, 0.3) is 11.0 Å². The van der Waals surface area contributed by atoms with E-state index in [-0.39, 0.29) is 12.1 Å². The van der Waals surface area contributed by atoms with Gasteiger partial charge in [-0.25, -0.2) is 14.8 Å². The molecule has 3 rings (SSSR count). The van der Waals surface area contributed by atoms with Crippen LogP contribution in [0.3, 0.4) is 0 Å². The lowest BCUT2D eigenvalue weighted by molar-refractivity contribution is 0.0289. The summed E-state index contributed by atoms with van der Waals surface area (Å²) in [7, 11) is 0. The molecule has 124 valence electrons. The van der Waals surface area contributed by atoms with Crippen molar-refractivity contribution in [2.75, 3.05) is 13.1 Å². The van der Waals surface area contributed by atoms with E-state index in [0.717, 1.165) is 21.0 Å². The van der Waals surface area contributed by atoms with Crippen LogP contribution in [0.1, 0.15) is 33.2 Å². The predicted octanol–water partition coefficient (Wildman–Crippen LogP) is 3.87. The fourth-order valence-corrected chi connectivity index (χ4v) is 3.93. The maximum Gasteiger partial charge on any atom is 0.410 e. The molecule has 8 heteroatoms. The Morgan fingerprint density at radius 1 is 1.43 bits per heavy atom. The summed E-state index contributed by atoms with van der Waals surface area (Å²) in [4.78, 5) is 22.4. The number of likely N-dealkylation sites (tertiary alicyclic amines) is 1. The van der Waals surface area contributed by atoms with Gasteiger partial charge < -0.3 is 14.2 Å². The number of hydrogen-bond donors (Lipinski definition) is 0. The molecule has 0 spiro atoms. The third-order valence-corrected chi connectivity index (χ3v) is 4.83. The van der Waals surface area contributed by atoms with Gasteiger partial charge in [0.1, 0.15) is 22.7 Å². The molecule has 0 radical (unpaired) electrons. The van der Waals surface area contributed by atoms with Gasteiger partial charge in [0.05, 0.1) is 11.4 Å². The highest BCUT2D eigenvalue weighted by atomic mass is 127. The summed E-state index contributed by atoms with van der Waals surface area (Å²) in [5.41, 5.74) is 0.330. The number of aromatic nitrogens is 3. The Balaban J connectivity index is 1.83. The number of carbonyl (C=O) groups is 1. The second-order valence-electron chi connectivity index (χ2n) is 6.62. The SMILES string of the molecule is CC(C)(C)OC(=O)N1CCC(n2cc(I)c3c(Cl)ncnc32)C1. The van der Waals surface area contributed by atoms with Gasteiger partial charge in [0.25, 0.3) is 0 Å². The molecule has 1 aliphatic heterocycles. The van der Waals surface area contributed by atoms with Crippen molar-refractivity contribution in [1.82, 2.24) is 19.4 Å². The minimum Gasteiger partial charge on any atom is -0.444 e. The van der Waals surface area contributed by atoms with Crippen LogP contribution < -0.4 is 0 Å². The second-order valence-corrected chi connectivity index (χ2v) is 8.14. The molecule has 0 bridgehead atoms. The van der Waals surface area contributed by atoms with Gasteiger partial charge in [0.2, 0.25) is 0 Å². The molecule has 2 aromatic rings. The van der Waals surface area contributed by atoms with E-state index >= 15 is 0 Å². The van der Waals surface area contributed by atoms with Crippen molar-refractivity contribution in [3.05, 3.63) is 21.2 Å². The largest absolute Gasteiger partial charge is 0.444 e. The Kier molecular flexibility index (Phi) is 4.43. The number of rotatable bonds is 1. The Morgan fingerprint density at radius 2 is 2.17 bits per heavy atom. The number of fused-ring (bicyclic) bond motifs is 1. The van der Waals surface area contributed by atoms with E-state index in [1.54, 1.807) is 4.90 Å². The van der Waals surface area contributed by atoms with Crippen LogP contribution in [0.15, 0.2) is 12.5 Å². The summed E-state index contributed by atoms with van der Waals surface area (Å²) in [5.74, 6) is 0. The summed E-state index contributed by atoms with van der Waals surface area (Å²) in [6, 6.07) is 0.166. The van der Waals surface area contributed by atoms with Crippen molar-refractivity contribution < 1.29 is 9.53 Å². The van der Waals surface area contributed by atoms with E-state index in [2.05, 4.69) is 37.1 Å². The maximum atomic E-state index is 12.2. The molecule has 6 nitrogen and oxygen atoms in total. The quantitative estimate of drug-likeness (QED) is 0.491. The molecule has 1 aliphatic rings. The zero-order chi connectivity index (χ0) is 16.8. The Bertz CT molecular complexity index is 756. The third-order valence-electron chi connectivity index (χ3n) is 3.73.